The van der Waals surface area contributed by atoms with Gasteiger partial charge in [-0.3, -0.25) is 10.1 Å². The van der Waals surface area contributed by atoms with E-state index in [9.17, 15) is 10.1 Å². The molecule has 20 heavy (non-hydrogen) atoms. The third-order valence-corrected chi connectivity index (χ3v) is 3.92. The summed E-state index contributed by atoms with van der Waals surface area (Å²) >= 11 is 3.40. The standard InChI is InChI=1S/C14H13BrN2O3/c15-13-5-3-10(17(18)19)7-12(13)14-6-4-11(20-14)8-16-9-1-2-9/h3-7,9,16H,1-2,8H2. The predicted molar refractivity (Wildman–Crippen MR) is 78.4 cm³/mol. The minimum absolute atomic E-state index is 0.0530. The third-order valence-electron chi connectivity index (χ3n) is 3.23. The molecule has 0 radical (unpaired) electrons. The molecular weight excluding hydrogens is 324 g/mol. The van der Waals surface area contributed by atoms with Crippen molar-refractivity contribution < 1.29 is 9.34 Å². The quantitative estimate of drug-likeness (QED) is 0.664. The van der Waals surface area contributed by atoms with E-state index in [-0.39, 0.29) is 5.69 Å². The Kier molecular flexibility index (Phi) is 3.58. The molecular formula is C14H13BrN2O3. The number of rotatable bonds is 5. The summed E-state index contributed by atoms with van der Waals surface area (Å²) in [4.78, 5) is 10.4. The molecule has 1 fully saturated rings. The van der Waals surface area contributed by atoms with Gasteiger partial charge in [0.1, 0.15) is 11.5 Å². The molecule has 0 unspecified atom stereocenters. The minimum atomic E-state index is -0.408. The molecule has 1 aromatic heterocycles. The fourth-order valence-electron chi connectivity index (χ4n) is 1.97. The maximum Gasteiger partial charge on any atom is 0.270 e. The third kappa shape index (κ3) is 2.91. The molecule has 6 heteroatoms. The minimum Gasteiger partial charge on any atom is -0.460 e. The molecule has 0 amide bonds. The van der Waals surface area contributed by atoms with Crippen molar-refractivity contribution in [3.8, 4) is 11.3 Å². The largest absolute Gasteiger partial charge is 0.460 e. The molecule has 0 bridgehead atoms. The van der Waals surface area contributed by atoms with Gasteiger partial charge in [-0.2, -0.15) is 0 Å². The number of benzene rings is 1. The van der Waals surface area contributed by atoms with E-state index in [0.717, 1.165) is 10.2 Å². The Labute approximate surface area is 124 Å². The van der Waals surface area contributed by atoms with E-state index in [1.165, 1.54) is 25.0 Å². The molecule has 5 nitrogen and oxygen atoms in total. The van der Waals surface area contributed by atoms with Gasteiger partial charge in [-0.15, -0.1) is 0 Å². The Morgan fingerprint density at radius 1 is 1.35 bits per heavy atom. The summed E-state index contributed by atoms with van der Waals surface area (Å²) in [5.41, 5.74) is 0.745. The number of hydrogen-bond donors (Lipinski definition) is 1. The zero-order chi connectivity index (χ0) is 14.1. The summed E-state index contributed by atoms with van der Waals surface area (Å²) in [5, 5.41) is 14.2. The molecule has 3 rings (SSSR count). The first kappa shape index (κ1) is 13.3. The van der Waals surface area contributed by atoms with Crippen molar-refractivity contribution in [3.05, 3.63) is 50.7 Å². The van der Waals surface area contributed by atoms with E-state index >= 15 is 0 Å². The first-order valence-electron chi connectivity index (χ1n) is 6.40. The number of nitrogens with one attached hydrogen (secondary N) is 1. The topological polar surface area (TPSA) is 68.3 Å². The van der Waals surface area contributed by atoms with Crippen molar-refractivity contribution in [2.45, 2.75) is 25.4 Å². The van der Waals surface area contributed by atoms with Crippen LogP contribution in [0, 0.1) is 10.1 Å². The molecule has 1 N–H and O–H groups in total. The van der Waals surface area contributed by atoms with E-state index in [0.29, 0.717) is 23.9 Å². The molecule has 2 aromatic rings. The summed E-state index contributed by atoms with van der Waals surface area (Å²) in [6.45, 7) is 0.692. The summed E-state index contributed by atoms with van der Waals surface area (Å²) in [6.07, 6.45) is 2.45. The van der Waals surface area contributed by atoms with Crippen LogP contribution in [-0.2, 0) is 6.54 Å². The summed E-state index contributed by atoms with van der Waals surface area (Å²) < 4.78 is 6.53. The van der Waals surface area contributed by atoms with Crippen LogP contribution in [-0.4, -0.2) is 11.0 Å². The average Bonchev–Trinajstić information content (AvgIpc) is 3.14. The Morgan fingerprint density at radius 3 is 2.85 bits per heavy atom. The van der Waals surface area contributed by atoms with Gasteiger partial charge >= 0.3 is 0 Å². The SMILES string of the molecule is O=[N+]([O-])c1ccc(Br)c(-c2ccc(CNC3CC3)o2)c1. The number of nitro groups is 1. The molecule has 1 aliphatic rings. The molecule has 1 aliphatic carbocycles. The van der Waals surface area contributed by atoms with E-state index < -0.39 is 4.92 Å². The van der Waals surface area contributed by atoms with Crippen molar-refractivity contribution in [1.29, 1.82) is 0 Å². The van der Waals surface area contributed by atoms with Crippen LogP contribution < -0.4 is 5.32 Å². The number of furan rings is 1. The van der Waals surface area contributed by atoms with Gasteiger partial charge in [0.25, 0.3) is 5.69 Å². The molecule has 0 aliphatic heterocycles. The number of hydrogen-bond acceptors (Lipinski definition) is 4. The van der Waals surface area contributed by atoms with Gasteiger partial charge in [-0.1, -0.05) is 15.9 Å². The first-order valence-corrected chi connectivity index (χ1v) is 7.19. The lowest BCUT2D eigenvalue weighted by Gasteiger charge is -2.02. The number of non-ortho nitro benzene ring substituents is 1. The van der Waals surface area contributed by atoms with Gasteiger partial charge in [0.2, 0.25) is 0 Å². The van der Waals surface area contributed by atoms with Crippen molar-refractivity contribution in [3.63, 3.8) is 0 Å². The molecule has 104 valence electrons. The van der Waals surface area contributed by atoms with E-state index in [4.69, 9.17) is 4.42 Å². The van der Waals surface area contributed by atoms with Gasteiger partial charge in [0.05, 0.1) is 11.5 Å². The fraction of sp³-hybridized carbons (Fsp3) is 0.286. The van der Waals surface area contributed by atoms with Crippen LogP contribution in [0.15, 0.2) is 39.2 Å². The van der Waals surface area contributed by atoms with Gasteiger partial charge in [-0.25, -0.2) is 0 Å². The lowest BCUT2D eigenvalue weighted by Crippen LogP contribution is -2.14. The van der Waals surface area contributed by atoms with Crippen LogP contribution in [0.3, 0.4) is 0 Å². The van der Waals surface area contributed by atoms with Crippen molar-refractivity contribution in [2.24, 2.45) is 0 Å². The maximum absolute atomic E-state index is 10.8. The van der Waals surface area contributed by atoms with Crippen LogP contribution in [0.5, 0.6) is 0 Å². The number of halogens is 1. The lowest BCUT2D eigenvalue weighted by atomic mass is 10.1. The smallest absolute Gasteiger partial charge is 0.270 e. The van der Waals surface area contributed by atoms with E-state index in [1.807, 2.05) is 12.1 Å². The van der Waals surface area contributed by atoms with Crippen LogP contribution in [0.1, 0.15) is 18.6 Å². The second-order valence-electron chi connectivity index (χ2n) is 4.84. The van der Waals surface area contributed by atoms with Crippen LogP contribution >= 0.6 is 15.9 Å². The predicted octanol–water partition coefficient (Wildman–Crippen LogP) is 3.87. The normalized spacial score (nSPS) is 14.4. The molecule has 0 atom stereocenters. The van der Waals surface area contributed by atoms with Crippen molar-refractivity contribution in [2.75, 3.05) is 0 Å². The summed E-state index contributed by atoms with van der Waals surface area (Å²) in [5.74, 6) is 1.47. The highest BCUT2D eigenvalue weighted by molar-refractivity contribution is 9.10. The number of nitrogens with zero attached hydrogens (tertiary/aromatic N) is 1. The molecule has 1 heterocycles. The van der Waals surface area contributed by atoms with Gasteiger partial charge in [0.15, 0.2) is 0 Å². The molecule has 0 spiro atoms. The maximum atomic E-state index is 10.8. The number of nitro benzene ring substituents is 1. The summed E-state index contributed by atoms with van der Waals surface area (Å²) in [6, 6.07) is 9.00. The Hall–Kier alpha value is -1.66. The zero-order valence-electron chi connectivity index (χ0n) is 10.6. The summed E-state index contributed by atoms with van der Waals surface area (Å²) in [7, 11) is 0. The molecule has 1 saturated carbocycles. The van der Waals surface area contributed by atoms with Gasteiger partial charge in [-0.05, 0) is 31.0 Å². The zero-order valence-corrected chi connectivity index (χ0v) is 12.2. The van der Waals surface area contributed by atoms with Crippen LogP contribution in [0.25, 0.3) is 11.3 Å². The van der Waals surface area contributed by atoms with E-state index in [2.05, 4.69) is 21.2 Å². The Morgan fingerprint density at radius 2 is 2.15 bits per heavy atom. The highest BCUT2D eigenvalue weighted by Crippen LogP contribution is 2.33. The second kappa shape index (κ2) is 5.38. The molecule has 0 saturated heterocycles. The monoisotopic (exact) mass is 336 g/mol. The van der Waals surface area contributed by atoms with Crippen LogP contribution in [0.2, 0.25) is 0 Å². The first-order chi connectivity index (χ1) is 9.63. The van der Waals surface area contributed by atoms with Crippen molar-refractivity contribution >= 4 is 21.6 Å². The van der Waals surface area contributed by atoms with Crippen molar-refractivity contribution in [1.82, 2.24) is 5.32 Å². The highest BCUT2D eigenvalue weighted by Gasteiger charge is 2.21. The lowest BCUT2D eigenvalue weighted by molar-refractivity contribution is -0.384. The molecule has 1 aromatic carbocycles. The highest BCUT2D eigenvalue weighted by atomic mass is 79.9. The van der Waals surface area contributed by atoms with Crippen LogP contribution in [0.4, 0.5) is 5.69 Å². The fourth-order valence-corrected chi connectivity index (χ4v) is 2.41. The van der Waals surface area contributed by atoms with Gasteiger partial charge in [0, 0.05) is 28.2 Å². The second-order valence-corrected chi connectivity index (χ2v) is 5.70. The van der Waals surface area contributed by atoms with Gasteiger partial charge < -0.3 is 9.73 Å². The Bertz CT molecular complexity index is 650. The Balaban J connectivity index is 1.83. The van der Waals surface area contributed by atoms with E-state index in [1.54, 1.807) is 6.07 Å². The average molecular weight is 337 g/mol.